The predicted octanol–water partition coefficient (Wildman–Crippen LogP) is 1.95. The molecule has 1 N–H and O–H groups in total. The quantitative estimate of drug-likeness (QED) is 0.858. The number of amides is 2. The largest absolute Gasteiger partial charge is 0.342 e. The number of rotatable bonds is 5. The molecule has 2 fully saturated rings. The fraction of sp³-hybridized carbons (Fsp3) is 0.619. The van der Waals surface area contributed by atoms with Gasteiger partial charge in [-0.15, -0.1) is 0 Å². The zero-order valence-electron chi connectivity index (χ0n) is 16.5. The first-order valence-electron chi connectivity index (χ1n) is 10.2. The Morgan fingerprint density at radius 3 is 1.96 bits per heavy atom. The number of benzene rings is 1. The molecule has 6 nitrogen and oxygen atoms in total. The maximum absolute atomic E-state index is 12.5. The van der Waals surface area contributed by atoms with Crippen LogP contribution in [0.1, 0.15) is 31.2 Å². The molecule has 0 radical (unpaired) electrons. The first kappa shape index (κ1) is 19.8. The lowest BCUT2D eigenvalue weighted by molar-refractivity contribution is -0.133. The second-order valence-electron chi connectivity index (χ2n) is 7.76. The lowest BCUT2D eigenvalue weighted by Gasteiger charge is -2.35. The number of likely N-dealkylation sites (tertiary alicyclic amines) is 1. The second kappa shape index (κ2) is 9.85. The van der Waals surface area contributed by atoms with Gasteiger partial charge in [0.1, 0.15) is 0 Å². The van der Waals surface area contributed by atoms with Gasteiger partial charge in [-0.3, -0.25) is 19.4 Å². The van der Waals surface area contributed by atoms with E-state index in [9.17, 15) is 9.59 Å². The molecule has 2 amide bonds. The van der Waals surface area contributed by atoms with Crippen LogP contribution in [0.25, 0.3) is 0 Å². The van der Waals surface area contributed by atoms with Crippen molar-refractivity contribution in [3.63, 3.8) is 0 Å². The van der Waals surface area contributed by atoms with Gasteiger partial charge in [0.25, 0.3) is 0 Å². The van der Waals surface area contributed by atoms with E-state index in [0.29, 0.717) is 13.1 Å². The molecule has 27 heavy (non-hydrogen) atoms. The van der Waals surface area contributed by atoms with Gasteiger partial charge in [0.05, 0.1) is 13.1 Å². The number of nitrogens with one attached hydrogen (secondary N) is 1. The van der Waals surface area contributed by atoms with E-state index in [2.05, 4.69) is 15.1 Å². The summed E-state index contributed by atoms with van der Waals surface area (Å²) < 4.78 is 0. The molecule has 0 bridgehead atoms. The van der Waals surface area contributed by atoms with Crippen LogP contribution in [0.3, 0.4) is 0 Å². The zero-order chi connectivity index (χ0) is 19.1. The van der Waals surface area contributed by atoms with Gasteiger partial charge in [-0.2, -0.15) is 0 Å². The molecule has 148 valence electrons. The Bertz CT molecular complexity index is 616. The van der Waals surface area contributed by atoms with E-state index < -0.39 is 0 Å². The van der Waals surface area contributed by atoms with Crippen LogP contribution in [0.5, 0.6) is 0 Å². The molecule has 2 aliphatic heterocycles. The van der Waals surface area contributed by atoms with Crippen LogP contribution in [-0.4, -0.2) is 78.9 Å². The van der Waals surface area contributed by atoms with Crippen molar-refractivity contribution >= 4 is 17.5 Å². The van der Waals surface area contributed by atoms with Gasteiger partial charge in [-0.1, -0.05) is 30.5 Å². The second-order valence-corrected chi connectivity index (χ2v) is 7.76. The van der Waals surface area contributed by atoms with Crippen molar-refractivity contribution in [3.8, 4) is 0 Å². The Morgan fingerprint density at radius 1 is 0.815 bits per heavy atom. The summed E-state index contributed by atoms with van der Waals surface area (Å²) in [6.45, 7) is 8.13. The molecule has 2 heterocycles. The molecule has 0 aliphatic carbocycles. The van der Waals surface area contributed by atoms with Gasteiger partial charge >= 0.3 is 0 Å². The maximum atomic E-state index is 12.5. The van der Waals surface area contributed by atoms with Crippen LogP contribution in [0.4, 0.5) is 5.69 Å². The highest BCUT2D eigenvalue weighted by Gasteiger charge is 2.23. The van der Waals surface area contributed by atoms with Crippen LogP contribution >= 0.6 is 0 Å². The molecule has 2 aliphatic rings. The smallest absolute Gasteiger partial charge is 0.238 e. The van der Waals surface area contributed by atoms with Gasteiger partial charge in [0.2, 0.25) is 11.8 Å². The highest BCUT2D eigenvalue weighted by atomic mass is 16.2. The van der Waals surface area contributed by atoms with Crippen molar-refractivity contribution in [2.24, 2.45) is 0 Å². The fourth-order valence-corrected chi connectivity index (χ4v) is 3.76. The van der Waals surface area contributed by atoms with Crippen molar-refractivity contribution < 1.29 is 9.59 Å². The third-order valence-corrected chi connectivity index (χ3v) is 5.49. The van der Waals surface area contributed by atoms with E-state index in [1.807, 2.05) is 36.1 Å². The van der Waals surface area contributed by atoms with E-state index >= 15 is 0 Å². The van der Waals surface area contributed by atoms with Gasteiger partial charge < -0.3 is 10.2 Å². The fourth-order valence-electron chi connectivity index (χ4n) is 3.76. The molecule has 0 aromatic heterocycles. The van der Waals surface area contributed by atoms with E-state index in [1.54, 1.807) is 0 Å². The predicted molar refractivity (Wildman–Crippen MR) is 108 cm³/mol. The number of anilines is 1. The number of carbonyl (C=O) groups excluding carboxylic acids is 2. The summed E-state index contributed by atoms with van der Waals surface area (Å²) in [6, 6.07) is 7.85. The maximum Gasteiger partial charge on any atom is 0.238 e. The Labute approximate surface area is 162 Å². The minimum absolute atomic E-state index is 0.0212. The monoisotopic (exact) mass is 372 g/mol. The first-order chi connectivity index (χ1) is 13.1. The summed E-state index contributed by atoms with van der Waals surface area (Å²) >= 11 is 0. The highest BCUT2D eigenvalue weighted by molar-refractivity contribution is 5.92. The molecule has 3 rings (SSSR count). The third kappa shape index (κ3) is 6.33. The summed E-state index contributed by atoms with van der Waals surface area (Å²) in [4.78, 5) is 31.2. The summed E-state index contributed by atoms with van der Waals surface area (Å²) in [6.07, 6.45) is 4.76. The summed E-state index contributed by atoms with van der Waals surface area (Å²) in [7, 11) is 0. The topological polar surface area (TPSA) is 55.9 Å². The van der Waals surface area contributed by atoms with E-state index in [-0.39, 0.29) is 11.8 Å². The van der Waals surface area contributed by atoms with Crippen LogP contribution in [0, 0.1) is 6.92 Å². The first-order valence-corrected chi connectivity index (χ1v) is 10.2. The van der Waals surface area contributed by atoms with Gasteiger partial charge in [-0.25, -0.2) is 0 Å². The van der Waals surface area contributed by atoms with Crippen molar-refractivity contribution in [2.75, 3.05) is 57.7 Å². The average molecular weight is 373 g/mol. The normalized spacial score (nSPS) is 19.5. The highest BCUT2D eigenvalue weighted by Crippen LogP contribution is 2.11. The molecular weight excluding hydrogens is 340 g/mol. The summed E-state index contributed by atoms with van der Waals surface area (Å²) in [5.74, 6) is 0.287. The third-order valence-electron chi connectivity index (χ3n) is 5.49. The number of hydrogen-bond donors (Lipinski definition) is 1. The lowest BCUT2D eigenvalue weighted by Crippen LogP contribution is -2.51. The van der Waals surface area contributed by atoms with E-state index in [1.165, 1.54) is 18.4 Å². The van der Waals surface area contributed by atoms with Crippen molar-refractivity contribution in [1.82, 2.24) is 14.7 Å². The molecular formula is C21H32N4O2. The lowest BCUT2D eigenvalue weighted by atomic mass is 10.2. The number of nitrogens with zero attached hydrogens (tertiary/aromatic N) is 3. The molecule has 0 unspecified atom stereocenters. The molecule has 1 aromatic rings. The summed E-state index contributed by atoms with van der Waals surface area (Å²) in [5.41, 5.74) is 2.02. The van der Waals surface area contributed by atoms with Crippen molar-refractivity contribution in [1.29, 1.82) is 0 Å². The van der Waals surface area contributed by atoms with Crippen LogP contribution in [0.2, 0.25) is 0 Å². The Balaban J connectivity index is 1.37. The minimum atomic E-state index is 0.0212. The van der Waals surface area contributed by atoms with Gasteiger partial charge in [-0.05, 0) is 31.9 Å². The molecule has 2 saturated heterocycles. The van der Waals surface area contributed by atoms with Crippen LogP contribution in [0.15, 0.2) is 24.3 Å². The zero-order valence-corrected chi connectivity index (χ0v) is 16.5. The molecule has 0 saturated carbocycles. The van der Waals surface area contributed by atoms with Crippen LogP contribution < -0.4 is 5.32 Å². The Morgan fingerprint density at radius 2 is 1.37 bits per heavy atom. The van der Waals surface area contributed by atoms with Gasteiger partial charge in [0.15, 0.2) is 0 Å². The SMILES string of the molecule is Cc1ccc(NC(=O)CN2CCN(CC(=O)N3CCCCCC3)CC2)cc1. The molecule has 6 heteroatoms. The number of piperazine rings is 1. The average Bonchev–Trinajstić information content (AvgIpc) is 2.95. The molecule has 1 aromatic carbocycles. The molecule has 0 spiro atoms. The van der Waals surface area contributed by atoms with E-state index in [4.69, 9.17) is 0 Å². The van der Waals surface area contributed by atoms with Crippen LogP contribution in [-0.2, 0) is 9.59 Å². The van der Waals surface area contributed by atoms with Gasteiger partial charge in [0, 0.05) is 45.0 Å². The minimum Gasteiger partial charge on any atom is -0.342 e. The standard InChI is InChI=1S/C21H32N4O2/c1-18-6-8-19(9-7-18)22-20(26)16-23-12-14-24(15-13-23)17-21(27)25-10-4-2-3-5-11-25/h6-9H,2-5,10-17H2,1H3,(H,22,26). The van der Waals surface area contributed by atoms with E-state index in [0.717, 1.165) is 57.8 Å². The Hall–Kier alpha value is -1.92. The number of aryl methyl sites for hydroxylation is 1. The van der Waals surface area contributed by atoms with Crippen molar-refractivity contribution in [3.05, 3.63) is 29.8 Å². The number of carbonyl (C=O) groups is 2. The Kier molecular flexibility index (Phi) is 7.24. The van der Waals surface area contributed by atoms with Crippen molar-refractivity contribution in [2.45, 2.75) is 32.6 Å². The molecule has 0 atom stereocenters. The number of hydrogen-bond acceptors (Lipinski definition) is 4. The summed E-state index contributed by atoms with van der Waals surface area (Å²) in [5, 5.41) is 2.95.